The van der Waals surface area contributed by atoms with Crippen molar-refractivity contribution in [3.05, 3.63) is 59.5 Å². The van der Waals surface area contributed by atoms with Gasteiger partial charge in [-0.15, -0.1) is 0 Å². The molecule has 2 aromatic rings. The lowest BCUT2D eigenvalue weighted by atomic mass is 9.96. The van der Waals surface area contributed by atoms with E-state index in [0.29, 0.717) is 19.0 Å². The fraction of sp³-hybridized carbons (Fsp3) is 0.455. The molecule has 0 aliphatic carbocycles. The van der Waals surface area contributed by atoms with E-state index >= 15 is 0 Å². The maximum Gasteiger partial charge on any atom is 0.407 e. The first kappa shape index (κ1) is 21.0. The predicted molar refractivity (Wildman–Crippen MR) is 108 cm³/mol. The second-order valence-corrected chi connectivity index (χ2v) is 8.23. The molecule has 1 aromatic heterocycles. The Hall–Kier alpha value is -2.67. The van der Waals surface area contributed by atoms with Gasteiger partial charge >= 0.3 is 6.09 Å². The van der Waals surface area contributed by atoms with Crippen molar-refractivity contribution in [1.29, 1.82) is 0 Å². The molecule has 29 heavy (non-hydrogen) atoms. The Balaban J connectivity index is 1.47. The monoisotopic (exact) mass is 401 g/mol. The van der Waals surface area contributed by atoms with Crippen molar-refractivity contribution in [2.45, 2.75) is 51.3 Å². The Morgan fingerprint density at radius 2 is 2.10 bits per heavy atom. The molecule has 2 N–H and O–H groups in total. The van der Waals surface area contributed by atoms with E-state index in [2.05, 4.69) is 15.6 Å². The van der Waals surface area contributed by atoms with Gasteiger partial charge in [-0.2, -0.15) is 0 Å². The number of amides is 1. The lowest BCUT2D eigenvalue weighted by Gasteiger charge is -2.19. The number of rotatable bonds is 6. The van der Waals surface area contributed by atoms with Gasteiger partial charge in [0.2, 0.25) is 5.88 Å². The van der Waals surface area contributed by atoms with Gasteiger partial charge in [-0.25, -0.2) is 14.2 Å². The summed E-state index contributed by atoms with van der Waals surface area (Å²) in [6.45, 7) is 6.95. The smallest absolute Gasteiger partial charge is 0.407 e. The van der Waals surface area contributed by atoms with Crippen LogP contribution in [0.2, 0.25) is 0 Å². The predicted octanol–water partition coefficient (Wildman–Crippen LogP) is 3.77. The first-order chi connectivity index (χ1) is 13.8. The van der Waals surface area contributed by atoms with Gasteiger partial charge in [0.25, 0.3) is 0 Å². The Morgan fingerprint density at radius 3 is 2.86 bits per heavy atom. The van der Waals surface area contributed by atoms with Crippen LogP contribution in [-0.4, -0.2) is 35.9 Å². The molecular weight excluding hydrogens is 373 g/mol. The fourth-order valence-electron chi connectivity index (χ4n) is 3.30. The fourth-order valence-corrected chi connectivity index (χ4v) is 3.30. The minimum atomic E-state index is -0.536. The number of alkyl carbamates (subject to hydrolysis) is 1. The number of carbonyl (C=O) groups excluding carboxylic acids is 1. The molecule has 1 aromatic carbocycles. The van der Waals surface area contributed by atoms with Crippen LogP contribution in [0.1, 0.15) is 44.2 Å². The molecule has 1 aliphatic heterocycles. The van der Waals surface area contributed by atoms with E-state index in [1.165, 1.54) is 6.07 Å². The zero-order valence-corrected chi connectivity index (χ0v) is 17.1. The SMILES string of the molecule is CC(C)(C)OC(=O)NCc1ccnc(OC[C@@H]2C[C@H](c3ccccc3F)CN2)c1. The second-order valence-electron chi connectivity index (χ2n) is 8.23. The van der Waals surface area contributed by atoms with Crippen LogP contribution in [0, 0.1) is 5.82 Å². The summed E-state index contributed by atoms with van der Waals surface area (Å²) in [7, 11) is 0. The summed E-state index contributed by atoms with van der Waals surface area (Å²) in [6.07, 6.45) is 1.98. The van der Waals surface area contributed by atoms with Gasteiger partial charge in [-0.1, -0.05) is 18.2 Å². The van der Waals surface area contributed by atoms with Gasteiger partial charge in [0.1, 0.15) is 18.0 Å². The van der Waals surface area contributed by atoms with Crippen molar-refractivity contribution in [2.24, 2.45) is 0 Å². The number of pyridine rings is 1. The highest BCUT2D eigenvalue weighted by Gasteiger charge is 2.27. The molecule has 0 unspecified atom stereocenters. The summed E-state index contributed by atoms with van der Waals surface area (Å²) in [4.78, 5) is 16.0. The van der Waals surface area contributed by atoms with E-state index in [1.807, 2.05) is 39.0 Å². The van der Waals surface area contributed by atoms with Gasteiger partial charge < -0.3 is 20.1 Å². The van der Waals surface area contributed by atoms with Crippen molar-refractivity contribution in [3.8, 4) is 5.88 Å². The van der Waals surface area contributed by atoms with Crippen LogP contribution in [0.25, 0.3) is 0 Å². The number of hydrogen-bond acceptors (Lipinski definition) is 5. The van der Waals surface area contributed by atoms with Crippen LogP contribution in [0.3, 0.4) is 0 Å². The molecule has 0 bridgehead atoms. The number of nitrogens with zero attached hydrogens (tertiary/aromatic N) is 1. The average Bonchev–Trinajstić information content (AvgIpc) is 3.13. The number of halogens is 1. The molecule has 0 radical (unpaired) electrons. The normalized spacial score (nSPS) is 19.0. The molecule has 0 spiro atoms. The maximum absolute atomic E-state index is 14.0. The Bertz CT molecular complexity index is 838. The summed E-state index contributed by atoms with van der Waals surface area (Å²) in [6, 6.07) is 10.6. The summed E-state index contributed by atoms with van der Waals surface area (Å²) >= 11 is 0. The van der Waals surface area contributed by atoms with Crippen molar-refractivity contribution < 1.29 is 18.7 Å². The molecule has 6 nitrogen and oxygen atoms in total. The third-order valence-electron chi connectivity index (χ3n) is 4.63. The van der Waals surface area contributed by atoms with Gasteiger partial charge in [-0.05, 0) is 50.5 Å². The third kappa shape index (κ3) is 6.42. The quantitative estimate of drug-likeness (QED) is 0.771. The van der Waals surface area contributed by atoms with Crippen molar-refractivity contribution in [2.75, 3.05) is 13.2 Å². The van der Waals surface area contributed by atoms with Crippen molar-refractivity contribution in [3.63, 3.8) is 0 Å². The van der Waals surface area contributed by atoms with Crippen LogP contribution in [0.15, 0.2) is 42.6 Å². The van der Waals surface area contributed by atoms with E-state index in [9.17, 15) is 9.18 Å². The van der Waals surface area contributed by atoms with E-state index in [4.69, 9.17) is 9.47 Å². The minimum Gasteiger partial charge on any atom is -0.476 e. The van der Waals surface area contributed by atoms with Gasteiger partial charge in [-0.3, -0.25) is 0 Å². The first-order valence-corrected chi connectivity index (χ1v) is 9.82. The molecule has 2 atom stereocenters. The zero-order valence-electron chi connectivity index (χ0n) is 17.1. The van der Waals surface area contributed by atoms with E-state index in [0.717, 1.165) is 24.1 Å². The summed E-state index contributed by atoms with van der Waals surface area (Å²) in [5, 5.41) is 6.10. The molecular formula is C22H28FN3O3. The number of ether oxygens (including phenoxy) is 2. The minimum absolute atomic E-state index is 0.130. The van der Waals surface area contributed by atoms with E-state index in [-0.39, 0.29) is 17.8 Å². The van der Waals surface area contributed by atoms with Crippen LogP contribution in [0.4, 0.5) is 9.18 Å². The maximum atomic E-state index is 14.0. The molecule has 7 heteroatoms. The van der Waals surface area contributed by atoms with Crippen molar-refractivity contribution >= 4 is 6.09 Å². The third-order valence-corrected chi connectivity index (χ3v) is 4.63. The lowest BCUT2D eigenvalue weighted by Crippen LogP contribution is -2.32. The summed E-state index contributed by atoms with van der Waals surface area (Å²) < 4.78 is 25.0. The molecule has 1 amide bonds. The highest BCUT2D eigenvalue weighted by molar-refractivity contribution is 5.67. The largest absolute Gasteiger partial charge is 0.476 e. The Morgan fingerprint density at radius 1 is 1.31 bits per heavy atom. The molecule has 1 aliphatic rings. The van der Waals surface area contributed by atoms with Crippen LogP contribution in [0.5, 0.6) is 5.88 Å². The molecule has 3 rings (SSSR count). The van der Waals surface area contributed by atoms with Crippen molar-refractivity contribution in [1.82, 2.24) is 15.6 Å². The molecule has 0 saturated carbocycles. The number of hydrogen-bond donors (Lipinski definition) is 2. The molecule has 1 fully saturated rings. The summed E-state index contributed by atoms with van der Waals surface area (Å²) in [5.41, 5.74) is 1.08. The van der Waals surface area contributed by atoms with Crippen LogP contribution in [-0.2, 0) is 11.3 Å². The lowest BCUT2D eigenvalue weighted by molar-refractivity contribution is 0.0523. The number of carbonyl (C=O) groups is 1. The Kier molecular flexibility index (Phi) is 6.69. The highest BCUT2D eigenvalue weighted by atomic mass is 19.1. The first-order valence-electron chi connectivity index (χ1n) is 9.82. The van der Waals surface area contributed by atoms with Gasteiger partial charge in [0.05, 0.1) is 0 Å². The molecule has 156 valence electrons. The average molecular weight is 401 g/mol. The van der Waals surface area contributed by atoms with Gasteiger partial charge in [0.15, 0.2) is 0 Å². The van der Waals surface area contributed by atoms with Crippen LogP contribution >= 0.6 is 0 Å². The van der Waals surface area contributed by atoms with Crippen LogP contribution < -0.4 is 15.4 Å². The number of nitrogens with one attached hydrogen (secondary N) is 2. The standard InChI is InChI=1S/C22H28FN3O3/c1-22(2,3)29-21(27)26-12-15-8-9-24-20(10-15)28-14-17-11-16(13-25-17)18-6-4-5-7-19(18)23/h4-10,16-17,25H,11-14H2,1-3H3,(H,26,27)/t16-,17-/m0/s1. The molecule has 1 saturated heterocycles. The highest BCUT2D eigenvalue weighted by Crippen LogP contribution is 2.27. The Labute approximate surface area is 170 Å². The van der Waals surface area contributed by atoms with E-state index in [1.54, 1.807) is 18.3 Å². The van der Waals surface area contributed by atoms with E-state index < -0.39 is 11.7 Å². The second kappa shape index (κ2) is 9.22. The summed E-state index contributed by atoms with van der Waals surface area (Å²) in [5.74, 6) is 0.472. The number of benzene rings is 1. The topological polar surface area (TPSA) is 72.5 Å². The molecule has 2 heterocycles. The zero-order chi connectivity index (χ0) is 20.9. The number of aromatic nitrogens is 1. The van der Waals surface area contributed by atoms with Gasteiger partial charge in [0, 0.05) is 37.3 Å².